The maximum Gasteiger partial charge on any atom is 0.271 e. The average Bonchev–Trinajstić information content (AvgIpc) is 3.06. The number of aromatic nitrogens is 3. The van der Waals surface area contributed by atoms with Crippen molar-refractivity contribution >= 4 is 17.5 Å². The number of ether oxygens (including phenoxy) is 1. The molecular formula is C22H26ClN5O2. The van der Waals surface area contributed by atoms with Crippen LogP contribution >= 0.6 is 11.6 Å². The number of carbonyl (C=O) groups excluding carboxylic acids is 1. The third-order valence-electron chi connectivity index (χ3n) is 4.83. The fourth-order valence-electron chi connectivity index (χ4n) is 3.29. The van der Waals surface area contributed by atoms with Gasteiger partial charge in [-0.15, -0.1) is 0 Å². The van der Waals surface area contributed by atoms with E-state index in [1.165, 1.54) is 0 Å². The molecule has 1 atom stereocenters. The Hall–Kier alpha value is -2.90. The highest BCUT2D eigenvalue weighted by atomic mass is 35.5. The molecule has 3 aromatic rings. The molecule has 1 amide bonds. The number of nitrogens with zero attached hydrogens (tertiary/aromatic N) is 4. The van der Waals surface area contributed by atoms with Crippen molar-refractivity contribution in [2.24, 2.45) is 0 Å². The molecular weight excluding hydrogens is 402 g/mol. The van der Waals surface area contributed by atoms with Crippen LogP contribution in [-0.2, 0) is 0 Å². The van der Waals surface area contributed by atoms with E-state index >= 15 is 0 Å². The fourth-order valence-corrected chi connectivity index (χ4v) is 3.48. The Labute approximate surface area is 181 Å². The minimum Gasteiger partial charge on any atom is -0.497 e. The zero-order valence-electron chi connectivity index (χ0n) is 17.8. The maximum atomic E-state index is 12.9. The molecule has 1 unspecified atom stereocenters. The van der Waals surface area contributed by atoms with Gasteiger partial charge in [-0.1, -0.05) is 23.7 Å². The van der Waals surface area contributed by atoms with Gasteiger partial charge in [0.25, 0.3) is 5.91 Å². The molecule has 1 N–H and O–H groups in total. The molecule has 158 valence electrons. The molecule has 0 aliphatic heterocycles. The summed E-state index contributed by atoms with van der Waals surface area (Å²) in [5.74, 6) is 0.984. The van der Waals surface area contributed by atoms with Gasteiger partial charge in [-0.05, 0) is 63.8 Å². The van der Waals surface area contributed by atoms with Crippen LogP contribution in [0.1, 0.15) is 33.5 Å². The van der Waals surface area contributed by atoms with E-state index in [1.807, 2.05) is 63.2 Å². The lowest BCUT2D eigenvalue weighted by molar-refractivity contribution is 0.0937. The first kappa shape index (κ1) is 21.8. The number of pyridine rings is 1. The van der Waals surface area contributed by atoms with Gasteiger partial charge in [0.05, 0.1) is 23.9 Å². The molecule has 0 radical (unpaired) electrons. The van der Waals surface area contributed by atoms with E-state index in [2.05, 4.69) is 15.4 Å². The summed E-state index contributed by atoms with van der Waals surface area (Å²) in [6.07, 6.45) is 0. The van der Waals surface area contributed by atoms with Crippen molar-refractivity contribution in [3.8, 4) is 11.6 Å². The number of hydrogen-bond acceptors (Lipinski definition) is 5. The lowest BCUT2D eigenvalue weighted by Crippen LogP contribution is -2.35. The highest BCUT2D eigenvalue weighted by Gasteiger charge is 2.19. The summed E-state index contributed by atoms with van der Waals surface area (Å²) in [4.78, 5) is 19.4. The van der Waals surface area contributed by atoms with Crippen LogP contribution in [0.15, 0.2) is 42.5 Å². The summed E-state index contributed by atoms with van der Waals surface area (Å²) in [7, 11) is 5.56. The van der Waals surface area contributed by atoms with E-state index in [0.29, 0.717) is 17.4 Å². The van der Waals surface area contributed by atoms with Gasteiger partial charge in [0.1, 0.15) is 11.4 Å². The van der Waals surface area contributed by atoms with Crippen molar-refractivity contribution in [3.63, 3.8) is 0 Å². The van der Waals surface area contributed by atoms with Crippen LogP contribution in [0.5, 0.6) is 5.75 Å². The second-order valence-corrected chi connectivity index (χ2v) is 7.71. The number of rotatable bonds is 7. The summed E-state index contributed by atoms with van der Waals surface area (Å²) in [6.45, 7) is 4.24. The standard InChI is InChI=1S/C22H26ClN5O2/c1-14-11-15(2)28(26-14)20-10-9-18(23)21(25-20)22(29)24-13-19(27(3)4)16-7-6-8-17(12-16)30-5/h6-12,19H,13H2,1-5H3,(H,24,29). The Kier molecular flexibility index (Phi) is 6.74. The van der Waals surface area contributed by atoms with Gasteiger partial charge in [0.15, 0.2) is 5.82 Å². The monoisotopic (exact) mass is 427 g/mol. The Morgan fingerprint density at radius 2 is 2.00 bits per heavy atom. The second-order valence-electron chi connectivity index (χ2n) is 7.30. The van der Waals surface area contributed by atoms with Crippen molar-refractivity contribution < 1.29 is 9.53 Å². The van der Waals surface area contributed by atoms with Gasteiger partial charge >= 0.3 is 0 Å². The number of methoxy groups -OCH3 is 1. The number of amides is 1. The molecule has 0 aliphatic carbocycles. The summed E-state index contributed by atoms with van der Waals surface area (Å²) >= 11 is 6.28. The molecule has 0 saturated heterocycles. The van der Waals surface area contributed by atoms with E-state index < -0.39 is 0 Å². The summed E-state index contributed by atoms with van der Waals surface area (Å²) in [5.41, 5.74) is 3.02. The zero-order valence-corrected chi connectivity index (χ0v) is 18.6. The molecule has 2 aromatic heterocycles. The molecule has 0 fully saturated rings. The van der Waals surface area contributed by atoms with Crippen molar-refractivity contribution in [3.05, 3.63) is 70.1 Å². The summed E-state index contributed by atoms with van der Waals surface area (Å²) in [6, 6.07) is 13.1. The molecule has 0 aliphatic rings. The lowest BCUT2D eigenvalue weighted by atomic mass is 10.1. The third-order valence-corrected chi connectivity index (χ3v) is 5.14. The Morgan fingerprint density at radius 1 is 1.23 bits per heavy atom. The van der Waals surface area contributed by atoms with Crippen molar-refractivity contribution in [1.29, 1.82) is 0 Å². The number of benzene rings is 1. The van der Waals surface area contributed by atoms with Crippen LogP contribution in [0.3, 0.4) is 0 Å². The highest BCUT2D eigenvalue weighted by Crippen LogP contribution is 2.23. The van der Waals surface area contributed by atoms with Crippen LogP contribution in [0.4, 0.5) is 0 Å². The number of hydrogen-bond donors (Lipinski definition) is 1. The summed E-state index contributed by atoms with van der Waals surface area (Å²) < 4.78 is 7.02. The Morgan fingerprint density at radius 3 is 2.63 bits per heavy atom. The summed E-state index contributed by atoms with van der Waals surface area (Å²) in [5, 5.41) is 7.67. The minimum absolute atomic E-state index is 0.0398. The van der Waals surface area contributed by atoms with Crippen LogP contribution in [0.2, 0.25) is 5.02 Å². The van der Waals surface area contributed by atoms with Crippen LogP contribution in [-0.4, -0.2) is 53.3 Å². The quantitative estimate of drug-likeness (QED) is 0.624. The van der Waals surface area contributed by atoms with E-state index in [4.69, 9.17) is 16.3 Å². The van der Waals surface area contributed by atoms with Gasteiger partial charge in [-0.3, -0.25) is 4.79 Å². The van der Waals surface area contributed by atoms with Gasteiger partial charge in [-0.2, -0.15) is 5.10 Å². The van der Waals surface area contributed by atoms with Crippen molar-refractivity contribution in [2.45, 2.75) is 19.9 Å². The first-order valence-electron chi connectivity index (χ1n) is 9.59. The van der Waals surface area contributed by atoms with Gasteiger partial charge in [0, 0.05) is 12.2 Å². The van der Waals surface area contributed by atoms with E-state index in [-0.39, 0.29) is 17.6 Å². The van der Waals surface area contributed by atoms with Crippen LogP contribution < -0.4 is 10.1 Å². The predicted octanol–water partition coefficient (Wildman–Crippen LogP) is 3.58. The first-order chi connectivity index (χ1) is 14.3. The molecule has 7 nitrogen and oxygen atoms in total. The SMILES string of the molecule is COc1cccc(C(CNC(=O)c2nc(-n3nc(C)cc3C)ccc2Cl)N(C)C)c1. The largest absolute Gasteiger partial charge is 0.497 e. The molecule has 0 spiro atoms. The van der Waals surface area contributed by atoms with Gasteiger partial charge in [0.2, 0.25) is 0 Å². The number of nitrogens with one attached hydrogen (secondary N) is 1. The van der Waals surface area contributed by atoms with E-state index in [9.17, 15) is 4.79 Å². The average molecular weight is 428 g/mol. The first-order valence-corrected chi connectivity index (χ1v) is 9.96. The molecule has 0 saturated carbocycles. The number of likely N-dealkylation sites (N-methyl/N-ethyl adjacent to an activating group) is 1. The highest BCUT2D eigenvalue weighted by molar-refractivity contribution is 6.33. The van der Waals surface area contributed by atoms with Crippen molar-refractivity contribution in [1.82, 2.24) is 25.0 Å². The van der Waals surface area contributed by atoms with Crippen LogP contribution in [0.25, 0.3) is 5.82 Å². The van der Waals surface area contributed by atoms with Crippen LogP contribution in [0, 0.1) is 13.8 Å². The fraction of sp³-hybridized carbons (Fsp3) is 0.318. The molecule has 30 heavy (non-hydrogen) atoms. The normalized spacial score (nSPS) is 12.1. The number of aryl methyl sites for hydroxylation is 2. The zero-order chi connectivity index (χ0) is 21.8. The molecule has 8 heteroatoms. The molecule has 3 rings (SSSR count). The topological polar surface area (TPSA) is 72.3 Å². The third kappa shape index (κ3) is 4.80. The second kappa shape index (κ2) is 9.28. The molecule has 1 aromatic carbocycles. The minimum atomic E-state index is -0.335. The van der Waals surface area contributed by atoms with E-state index in [0.717, 1.165) is 22.7 Å². The number of carbonyl (C=O) groups is 1. The number of halogens is 1. The Balaban J connectivity index is 1.81. The lowest BCUT2D eigenvalue weighted by Gasteiger charge is -2.25. The van der Waals surface area contributed by atoms with E-state index in [1.54, 1.807) is 23.9 Å². The molecule has 0 bridgehead atoms. The predicted molar refractivity (Wildman–Crippen MR) is 118 cm³/mol. The van der Waals surface area contributed by atoms with Gasteiger partial charge < -0.3 is 15.0 Å². The van der Waals surface area contributed by atoms with Crippen molar-refractivity contribution in [2.75, 3.05) is 27.7 Å². The smallest absolute Gasteiger partial charge is 0.271 e. The Bertz CT molecular complexity index is 1050. The maximum absolute atomic E-state index is 12.9. The van der Waals surface area contributed by atoms with Gasteiger partial charge in [-0.25, -0.2) is 9.67 Å². The molecule has 2 heterocycles.